The summed E-state index contributed by atoms with van der Waals surface area (Å²) in [6, 6.07) is 15.4. The molecule has 0 aromatic heterocycles. The van der Waals surface area contributed by atoms with E-state index in [-0.39, 0.29) is 6.03 Å². The lowest BCUT2D eigenvalue weighted by Crippen LogP contribution is -2.38. The summed E-state index contributed by atoms with van der Waals surface area (Å²) in [6.45, 7) is 3.45. The molecule has 2 rings (SSSR count). The van der Waals surface area contributed by atoms with E-state index in [9.17, 15) is 4.79 Å². The fraction of sp³-hybridized carbons (Fsp3) is 0.316. The van der Waals surface area contributed by atoms with Crippen LogP contribution in [0.15, 0.2) is 48.5 Å². The van der Waals surface area contributed by atoms with Gasteiger partial charge in [0.1, 0.15) is 18.1 Å². The van der Waals surface area contributed by atoms with Gasteiger partial charge in [-0.3, -0.25) is 0 Å². The third-order valence-electron chi connectivity index (χ3n) is 3.52. The molecule has 0 spiro atoms. The fourth-order valence-corrected chi connectivity index (χ4v) is 2.32. The molecule has 2 N–H and O–H groups in total. The first kappa shape index (κ1) is 17.7. The van der Waals surface area contributed by atoms with Crippen molar-refractivity contribution in [2.75, 3.05) is 26.8 Å². The molecule has 0 saturated carbocycles. The van der Waals surface area contributed by atoms with Crippen LogP contribution in [-0.2, 0) is 6.42 Å². The molecule has 0 saturated heterocycles. The summed E-state index contributed by atoms with van der Waals surface area (Å²) in [7, 11) is 1.65. The number of aryl methyl sites for hydroxylation is 1. The summed E-state index contributed by atoms with van der Waals surface area (Å²) in [5.74, 6) is 1.65. The minimum atomic E-state index is -0.197. The summed E-state index contributed by atoms with van der Waals surface area (Å²) in [5, 5.41) is 5.61. The van der Waals surface area contributed by atoms with Crippen molar-refractivity contribution in [3.8, 4) is 11.5 Å². The van der Waals surface area contributed by atoms with Crippen molar-refractivity contribution < 1.29 is 14.3 Å². The number of urea groups is 1. The molecule has 5 heteroatoms. The van der Waals surface area contributed by atoms with E-state index in [1.165, 1.54) is 0 Å². The first-order chi connectivity index (χ1) is 11.7. The van der Waals surface area contributed by atoms with Crippen LogP contribution in [0.1, 0.15) is 11.1 Å². The number of carbonyl (C=O) groups excluding carboxylic acids is 1. The molecule has 0 radical (unpaired) electrons. The Bertz CT molecular complexity index is 659. The van der Waals surface area contributed by atoms with Gasteiger partial charge in [0.2, 0.25) is 0 Å². The summed E-state index contributed by atoms with van der Waals surface area (Å²) in [5.41, 5.74) is 2.22. The van der Waals surface area contributed by atoms with Crippen molar-refractivity contribution in [1.82, 2.24) is 10.6 Å². The van der Waals surface area contributed by atoms with Gasteiger partial charge >= 0.3 is 6.03 Å². The average Bonchev–Trinajstić information content (AvgIpc) is 2.59. The molecule has 2 aromatic rings. The lowest BCUT2D eigenvalue weighted by atomic mass is 10.1. The number of benzene rings is 2. The van der Waals surface area contributed by atoms with Crippen LogP contribution in [0.4, 0.5) is 4.79 Å². The molecule has 2 amide bonds. The summed E-state index contributed by atoms with van der Waals surface area (Å²) >= 11 is 0. The maximum atomic E-state index is 11.7. The normalized spacial score (nSPS) is 10.1. The molecule has 0 heterocycles. The number of amides is 2. The molecule has 24 heavy (non-hydrogen) atoms. The highest BCUT2D eigenvalue weighted by atomic mass is 16.5. The summed E-state index contributed by atoms with van der Waals surface area (Å²) in [6.07, 6.45) is 0.719. The largest absolute Gasteiger partial charge is 0.496 e. The second-order valence-corrected chi connectivity index (χ2v) is 5.41. The highest BCUT2D eigenvalue weighted by Crippen LogP contribution is 2.17. The number of carbonyl (C=O) groups is 1. The Morgan fingerprint density at radius 3 is 2.62 bits per heavy atom. The second kappa shape index (κ2) is 9.45. The predicted octanol–water partition coefficient (Wildman–Crippen LogP) is 2.92. The predicted molar refractivity (Wildman–Crippen MR) is 94.8 cm³/mol. The van der Waals surface area contributed by atoms with Crippen LogP contribution < -0.4 is 20.1 Å². The van der Waals surface area contributed by atoms with Crippen LogP contribution in [0, 0.1) is 6.92 Å². The summed E-state index contributed by atoms with van der Waals surface area (Å²) in [4.78, 5) is 11.7. The van der Waals surface area contributed by atoms with Gasteiger partial charge in [0.15, 0.2) is 0 Å². The van der Waals surface area contributed by atoms with Crippen molar-refractivity contribution in [2.45, 2.75) is 13.3 Å². The van der Waals surface area contributed by atoms with E-state index in [4.69, 9.17) is 9.47 Å². The Morgan fingerprint density at radius 1 is 1.04 bits per heavy atom. The van der Waals surface area contributed by atoms with E-state index >= 15 is 0 Å². The van der Waals surface area contributed by atoms with Crippen molar-refractivity contribution in [1.29, 1.82) is 0 Å². The van der Waals surface area contributed by atoms with Gasteiger partial charge in [-0.15, -0.1) is 0 Å². The lowest BCUT2D eigenvalue weighted by Gasteiger charge is -2.11. The maximum absolute atomic E-state index is 11.7. The van der Waals surface area contributed by atoms with Crippen molar-refractivity contribution in [2.24, 2.45) is 0 Å². The first-order valence-corrected chi connectivity index (χ1v) is 8.02. The SMILES string of the molecule is COc1ccccc1CCNC(=O)NCCOc1cccc(C)c1. The van der Waals surface area contributed by atoms with Gasteiger partial charge in [0, 0.05) is 6.54 Å². The van der Waals surface area contributed by atoms with Crippen LogP contribution in [0.25, 0.3) is 0 Å². The average molecular weight is 328 g/mol. The zero-order valence-electron chi connectivity index (χ0n) is 14.2. The third-order valence-corrected chi connectivity index (χ3v) is 3.52. The van der Waals surface area contributed by atoms with Crippen LogP contribution >= 0.6 is 0 Å². The first-order valence-electron chi connectivity index (χ1n) is 8.02. The molecule has 0 aliphatic rings. The molecular weight excluding hydrogens is 304 g/mol. The molecule has 2 aromatic carbocycles. The van der Waals surface area contributed by atoms with Crippen LogP contribution in [0.3, 0.4) is 0 Å². The maximum Gasteiger partial charge on any atom is 0.314 e. The third kappa shape index (κ3) is 5.83. The molecule has 0 bridgehead atoms. The van der Waals surface area contributed by atoms with E-state index in [2.05, 4.69) is 10.6 Å². The monoisotopic (exact) mass is 328 g/mol. The van der Waals surface area contributed by atoms with E-state index in [1.54, 1.807) is 7.11 Å². The number of hydrogen-bond donors (Lipinski definition) is 2. The number of ether oxygens (including phenoxy) is 2. The van der Waals surface area contributed by atoms with E-state index in [0.717, 1.165) is 29.0 Å². The topological polar surface area (TPSA) is 59.6 Å². The minimum absolute atomic E-state index is 0.197. The van der Waals surface area contributed by atoms with Gasteiger partial charge in [-0.25, -0.2) is 4.79 Å². The van der Waals surface area contributed by atoms with Crippen LogP contribution in [0.2, 0.25) is 0 Å². The van der Waals surface area contributed by atoms with Gasteiger partial charge in [-0.2, -0.15) is 0 Å². The Kier molecular flexibility index (Phi) is 6.95. The van der Waals surface area contributed by atoms with Crippen LogP contribution in [0.5, 0.6) is 11.5 Å². The van der Waals surface area contributed by atoms with Gasteiger partial charge in [-0.05, 0) is 42.7 Å². The molecule has 0 aliphatic carbocycles. The Morgan fingerprint density at radius 2 is 1.83 bits per heavy atom. The molecule has 0 atom stereocenters. The number of rotatable bonds is 8. The lowest BCUT2D eigenvalue weighted by molar-refractivity contribution is 0.236. The van der Waals surface area contributed by atoms with Crippen molar-refractivity contribution >= 4 is 6.03 Å². The van der Waals surface area contributed by atoms with Gasteiger partial charge in [0.25, 0.3) is 0 Å². The molecule has 0 unspecified atom stereocenters. The van der Waals surface area contributed by atoms with E-state index < -0.39 is 0 Å². The van der Waals surface area contributed by atoms with E-state index in [0.29, 0.717) is 19.7 Å². The minimum Gasteiger partial charge on any atom is -0.496 e. The zero-order chi connectivity index (χ0) is 17.2. The Balaban J connectivity index is 1.61. The van der Waals surface area contributed by atoms with Crippen molar-refractivity contribution in [3.05, 3.63) is 59.7 Å². The number of nitrogens with one attached hydrogen (secondary N) is 2. The molecule has 5 nitrogen and oxygen atoms in total. The Hall–Kier alpha value is -2.69. The van der Waals surface area contributed by atoms with Crippen molar-refractivity contribution in [3.63, 3.8) is 0 Å². The highest BCUT2D eigenvalue weighted by molar-refractivity contribution is 5.73. The standard InChI is InChI=1S/C19H24N2O3/c1-15-6-5-8-17(14-15)24-13-12-21-19(22)20-11-10-16-7-3-4-9-18(16)23-2/h3-9,14H,10-13H2,1-2H3,(H2,20,21,22). The molecule has 0 fully saturated rings. The molecular formula is C19H24N2O3. The smallest absolute Gasteiger partial charge is 0.314 e. The van der Waals surface area contributed by atoms with Gasteiger partial charge in [-0.1, -0.05) is 30.3 Å². The molecule has 128 valence electrons. The summed E-state index contributed by atoms with van der Waals surface area (Å²) < 4.78 is 10.9. The number of hydrogen-bond acceptors (Lipinski definition) is 3. The molecule has 0 aliphatic heterocycles. The van der Waals surface area contributed by atoms with E-state index in [1.807, 2.05) is 55.5 Å². The second-order valence-electron chi connectivity index (χ2n) is 5.41. The Labute approximate surface area is 143 Å². The quantitative estimate of drug-likeness (QED) is 0.733. The number of para-hydroxylation sites is 1. The fourth-order valence-electron chi connectivity index (χ4n) is 2.32. The highest BCUT2D eigenvalue weighted by Gasteiger charge is 2.03. The van der Waals surface area contributed by atoms with Crippen LogP contribution in [-0.4, -0.2) is 32.8 Å². The zero-order valence-corrected chi connectivity index (χ0v) is 14.2. The van der Waals surface area contributed by atoms with Gasteiger partial charge < -0.3 is 20.1 Å². The number of methoxy groups -OCH3 is 1. The van der Waals surface area contributed by atoms with Gasteiger partial charge in [0.05, 0.1) is 13.7 Å².